The van der Waals surface area contributed by atoms with Crippen molar-refractivity contribution in [3.63, 3.8) is 0 Å². The fourth-order valence-corrected chi connectivity index (χ4v) is 1.04. The maximum Gasteiger partial charge on any atom is 0.216 e. The Morgan fingerprint density at radius 1 is 1.47 bits per heavy atom. The van der Waals surface area contributed by atoms with E-state index < -0.39 is 0 Å². The van der Waals surface area contributed by atoms with E-state index >= 15 is 0 Å². The summed E-state index contributed by atoms with van der Waals surface area (Å²) < 4.78 is 15.2. The summed E-state index contributed by atoms with van der Waals surface area (Å²) in [5.74, 6) is 0.499. The Labute approximate surface area is 92.5 Å². The number of rotatable bonds is 3. The predicted octanol–water partition coefficient (Wildman–Crippen LogP) is 0.921. The highest BCUT2D eigenvalue weighted by Gasteiger charge is 1.91. The van der Waals surface area contributed by atoms with Crippen LogP contribution in [0.5, 0.6) is 0 Å². The Morgan fingerprint density at radius 2 is 2.27 bits per heavy atom. The summed E-state index contributed by atoms with van der Waals surface area (Å²) in [6.45, 7) is 2.06. The van der Waals surface area contributed by atoms with Crippen molar-refractivity contribution in [2.75, 3.05) is 6.54 Å². The van der Waals surface area contributed by atoms with Gasteiger partial charge in [-0.25, -0.2) is 4.99 Å². The number of aliphatic imine (C=N–C) groups is 2. The first-order chi connectivity index (χ1) is 8.00. The van der Waals surface area contributed by atoms with Gasteiger partial charge in [0, 0.05) is 6.54 Å². The highest BCUT2D eigenvalue weighted by atomic mass is 15.1. The van der Waals surface area contributed by atoms with Gasteiger partial charge in [-0.15, -0.1) is 0 Å². The number of amidine groups is 1. The summed E-state index contributed by atoms with van der Waals surface area (Å²) >= 11 is 0. The lowest BCUT2D eigenvalue weighted by Gasteiger charge is -1.97. The standard InChI is InChI=1S/C11H16N4/c1-9(12)15-11(13)14-8-7-10-5-3-2-4-6-10/h2-6H,7-8H2,1H3,(H4,12,13,14,15)/i3D,5D. The van der Waals surface area contributed by atoms with Crippen LogP contribution in [0.15, 0.2) is 40.3 Å². The lowest BCUT2D eigenvalue weighted by molar-refractivity contribution is 0.962. The predicted molar refractivity (Wildman–Crippen MR) is 63.9 cm³/mol. The molecule has 1 aromatic carbocycles. The molecule has 15 heavy (non-hydrogen) atoms. The van der Waals surface area contributed by atoms with Crippen molar-refractivity contribution in [1.82, 2.24) is 0 Å². The lowest BCUT2D eigenvalue weighted by atomic mass is 10.2. The third kappa shape index (κ3) is 4.81. The zero-order valence-corrected chi connectivity index (χ0v) is 8.70. The molecule has 0 saturated heterocycles. The Hall–Kier alpha value is -1.84. The van der Waals surface area contributed by atoms with E-state index in [9.17, 15) is 0 Å². The van der Waals surface area contributed by atoms with Gasteiger partial charge < -0.3 is 11.5 Å². The molecule has 4 N–H and O–H groups in total. The zero-order chi connectivity index (χ0) is 12.8. The molecule has 4 nitrogen and oxygen atoms in total. The highest BCUT2D eigenvalue weighted by molar-refractivity contribution is 5.93. The van der Waals surface area contributed by atoms with Crippen LogP contribution in [0.25, 0.3) is 0 Å². The van der Waals surface area contributed by atoms with Crippen molar-refractivity contribution >= 4 is 11.8 Å². The third-order valence-corrected chi connectivity index (χ3v) is 1.66. The van der Waals surface area contributed by atoms with E-state index in [0.717, 1.165) is 5.56 Å². The van der Waals surface area contributed by atoms with Crippen molar-refractivity contribution < 1.29 is 2.74 Å². The van der Waals surface area contributed by atoms with E-state index in [4.69, 9.17) is 14.2 Å². The Morgan fingerprint density at radius 3 is 3.00 bits per heavy atom. The molecule has 0 amide bonds. The van der Waals surface area contributed by atoms with Gasteiger partial charge >= 0.3 is 0 Å². The van der Waals surface area contributed by atoms with E-state index in [0.29, 0.717) is 18.8 Å². The van der Waals surface area contributed by atoms with Gasteiger partial charge in [-0.3, -0.25) is 4.99 Å². The monoisotopic (exact) mass is 206 g/mol. The van der Waals surface area contributed by atoms with Crippen LogP contribution in [-0.4, -0.2) is 18.3 Å². The van der Waals surface area contributed by atoms with Gasteiger partial charge in [0.05, 0.1) is 8.58 Å². The molecular formula is C11H16N4. The molecule has 0 radical (unpaired) electrons. The second kappa shape index (κ2) is 5.80. The Balaban J connectivity index is 2.63. The zero-order valence-electron chi connectivity index (χ0n) is 10.7. The smallest absolute Gasteiger partial charge is 0.216 e. The van der Waals surface area contributed by atoms with Gasteiger partial charge in [-0.05, 0) is 18.9 Å². The summed E-state index contributed by atoms with van der Waals surface area (Å²) in [5.41, 5.74) is 11.6. The SMILES string of the molecule is [2H]c1cccc(CCN=C(N)N=C(C)N)c1[2H]. The Bertz CT molecular complexity index is 451. The summed E-state index contributed by atoms with van der Waals surface area (Å²) in [6, 6.07) is 5.61. The number of nitrogens with two attached hydrogens (primary N) is 2. The molecule has 80 valence electrons. The molecule has 0 saturated carbocycles. The topological polar surface area (TPSA) is 76.8 Å². The largest absolute Gasteiger partial charge is 0.387 e. The maximum atomic E-state index is 7.68. The molecule has 0 atom stereocenters. The number of nitrogens with zero attached hydrogens (tertiary/aromatic N) is 2. The van der Waals surface area contributed by atoms with Crippen molar-refractivity contribution in [1.29, 1.82) is 0 Å². The van der Waals surface area contributed by atoms with Crippen LogP contribution in [0.4, 0.5) is 0 Å². The molecule has 1 aromatic rings. The van der Waals surface area contributed by atoms with E-state index in [2.05, 4.69) is 9.98 Å². The van der Waals surface area contributed by atoms with E-state index in [1.807, 2.05) is 6.07 Å². The summed E-state index contributed by atoms with van der Waals surface area (Å²) in [7, 11) is 0. The molecule has 0 aromatic heterocycles. The van der Waals surface area contributed by atoms with Gasteiger partial charge in [0.15, 0.2) is 0 Å². The van der Waals surface area contributed by atoms with Crippen LogP contribution in [0.3, 0.4) is 0 Å². The quantitative estimate of drug-likeness (QED) is 0.570. The average Bonchev–Trinajstić information content (AvgIpc) is 2.23. The minimum atomic E-state index is 0.138. The van der Waals surface area contributed by atoms with Crippen molar-refractivity contribution in [3.8, 4) is 0 Å². The second-order valence-corrected chi connectivity index (χ2v) is 3.06. The number of guanidine groups is 1. The normalized spacial score (nSPS) is 14.7. The average molecular weight is 206 g/mol. The fourth-order valence-electron chi connectivity index (χ4n) is 1.04. The number of hydrogen-bond acceptors (Lipinski definition) is 1. The second-order valence-electron chi connectivity index (χ2n) is 3.06. The minimum absolute atomic E-state index is 0.138. The van der Waals surface area contributed by atoms with Crippen molar-refractivity contribution in [2.24, 2.45) is 21.5 Å². The molecular weight excluding hydrogens is 188 g/mol. The molecule has 0 spiro atoms. The molecule has 0 fully saturated rings. The summed E-state index contributed by atoms with van der Waals surface area (Å²) in [5, 5.41) is 0. The Kier molecular flexibility index (Phi) is 3.27. The van der Waals surface area contributed by atoms with Crippen molar-refractivity contribution in [3.05, 3.63) is 35.8 Å². The molecule has 0 aliphatic rings. The molecule has 0 bridgehead atoms. The van der Waals surface area contributed by atoms with Crippen LogP contribution >= 0.6 is 0 Å². The van der Waals surface area contributed by atoms with E-state index in [1.54, 1.807) is 19.1 Å². The van der Waals surface area contributed by atoms with Crippen LogP contribution < -0.4 is 11.5 Å². The minimum Gasteiger partial charge on any atom is -0.387 e. The number of benzene rings is 1. The third-order valence-electron chi connectivity index (χ3n) is 1.66. The summed E-state index contributed by atoms with van der Waals surface area (Å²) in [6.07, 6.45) is 0.561. The van der Waals surface area contributed by atoms with E-state index in [1.165, 1.54) is 0 Å². The summed E-state index contributed by atoms with van der Waals surface area (Å²) in [4.78, 5) is 7.80. The van der Waals surface area contributed by atoms with Crippen LogP contribution in [-0.2, 0) is 6.42 Å². The van der Waals surface area contributed by atoms with Crippen LogP contribution in [0, 0.1) is 0 Å². The first kappa shape index (κ1) is 8.47. The molecule has 0 aliphatic carbocycles. The fraction of sp³-hybridized carbons (Fsp3) is 0.273. The number of hydrogen-bond donors (Lipinski definition) is 2. The van der Waals surface area contributed by atoms with Gasteiger partial charge in [0.2, 0.25) is 5.96 Å². The molecule has 0 heterocycles. The van der Waals surface area contributed by atoms with Gasteiger partial charge in [0.1, 0.15) is 0 Å². The van der Waals surface area contributed by atoms with E-state index in [-0.39, 0.29) is 18.0 Å². The molecule has 4 heteroatoms. The molecule has 0 unspecified atom stereocenters. The lowest BCUT2D eigenvalue weighted by Crippen LogP contribution is -2.16. The van der Waals surface area contributed by atoms with Gasteiger partial charge in [-0.1, -0.05) is 30.3 Å². The van der Waals surface area contributed by atoms with Crippen molar-refractivity contribution in [2.45, 2.75) is 13.3 Å². The van der Waals surface area contributed by atoms with Crippen LogP contribution in [0.1, 0.15) is 15.2 Å². The highest BCUT2D eigenvalue weighted by Crippen LogP contribution is 1.99. The first-order valence-corrected chi connectivity index (χ1v) is 4.66. The molecule has 1 rings (SSSR count). The van der Waals surface area contributed by atoms with Gasteiger partial charge in [0.25, 0.3) is 0 Å². The van der Waals surface area contributed by atoms with Gasteiger partial charge in [-0.2, -0.15) is 0 Å². The first-order valence-electron chi connectivity index (χ1n) is 5.66. The van der Waals surface area contributed by atoms with Crippen LogP contribution in [0.2, 0.25) is 0 Å². The maximum absolute atomic E-state index is 7.68. The molecule has 0 aliphatic heterocycles.